The number of aryl methyl sites for hydroxylation is 1. The molecule has 0 saturated carbocycles. The highest BCUT2D eigenvalue weighted by Crippen LogP contribution is 2.19. The zero-order valence-electron chi connectivity index (χ0n) is 13.5. The quantitative estimate of drug-likeness (QED) is 0.520. The number of nitrogens with zero attached hydrogens (tertiary/aromatic N) is 3. The van der Waals surface area contributed by atoms with Crippen LogP contribution in [0.15, 0.2) is 11.2 Å². The molecule has 0 radical (unpaired) electrons. The van der Waals surface area contributed by atoms with Crippen LogP contribution in [0, 0.1) is 12.8 Å². The van der Waals surface area contributed by atoms with Gasteiger partial charge in [0.15, 0.2) is 5.96 Å². The number of nitrogens with one attached hydrogen (secondary N) is 1. The number of hydrogen-bond acceptors (Lipinski definition) is 5. The Morgan fingerprint density at radius 1 is 1.55 bits per heavy atom. The summed E-state index contributed by atoms with van der Waals surface area (Å²) in [5.74, 6) is 0.844. The minimum Gasteiger partial charge on any atom is -0.466 e. The summed E-state index contributed by atoms with van der Waals surface area (Å²) in [4.78, 5) is 23.8. The predicted molar refractivity (Wildman–Crippen MR) is 88.0 cm³/mol. The van der Waals surface area contributed by atoms with Crippen LogP contribution in [0.4, 0.5) is 0 Å². The Morgan fingerprint density at radius 3 is 2.82 bits per heavy atom. The summed E-state index contributed by atoms with van der Waals surface area (Å²) in [5, 5.41) is 4.44. The van der Waals surface area contributed by atoms with Gasteiger partial charge in [-0.15, -0.1) is 11.3 Å². The van der Waals surface area contributed by atoms with Crippen molar-refractivity contribution in [1.29, 1.82) is 0 Å². The molecule has 1 fully saturated rings. The van der Waals surface area contributed by atoms with Gasteiger partial charge in [0, 0.05) is 31.2 Å². The summed E-state index contributed by atoms with van der Waals surface area (Å²) in [6.07, 6.45) is 3.53. The maximum atomic E-state index is 11.8. The van der Waals surface area contributed by atoms with Crippen LogP contribution in [0.1, 0.15) is 29.7 Å². The first-order valence-electron chi connectivity index (χ1n) is 7.67. The van der Waals surface area contributed by atoms with E-state index in [1.54, 1.807) is 18.4 Å². The van der Waals surface area contributed by atoms with Crippen molar-refractivity contribution in [2.24, 2.45) is 10.9 Å². The van der Waals surface area contributed by atoms with Gasteiger partial charge in [-0.1, -0.05) is 0 Å². The molecule has 2 rings (SSSR count). The summed E-state index contributed by atoms with van der Waals surface area (Å²) in [5.41, 5.74) is 0. The summed E-state index contributed by atoms with van der Waals surface area (Å²) in [6, 6.07) is 0. The molecule has 0 bridgehead atoms. The normalized spacial score (nSPS) is 16.7. The van der Waals surface area contributed by atoms with Gasteiger partial charge in [-0.2, -0.15) is 0 Å². The molecule has 1 N–H and O–H groups in total. The summed E-state index contributed by atoms with van der Waals surface area (Å²) in [7, 11) is 1.79. The first-order chi connectivity index (χ1) is 10.6. The fourth-order valence-corrected chi connectivity index (χ4v) is 3.31. The van der Waals surface area contributed by atoms with E-state index in [0.717, 1.165) is 43.4 Å². The molecule has 1 aliphatic heterocycles. The number of aliphatic imine (C=N–C) groups is 1. The average Bonchev–Trinajstić information content (AvgIpc) is 2.94. The molecule has 7 heteroatoms. The van der Waals surface area contributed by atoms with Crippen LogP contribution in [0.3, 0.4) is 0 Å². The van der Waals surface area contributed by atoms with E-state index < -0.39 is 0 Å². The van der Waals surface area contributed by atoms with Crippen LogP contribution < -0.4 is 5.32 Å². The molecule has 0 aliphatic carbocycles. The number of guanidine groups is 1. The van der Waals surface area contributed by atoms with Crippen molar-refractivity contribution >= 4 is 23.3 Å². The van der Waals surface area contributed by atoms with Crippen LogP contribution in [0.5, 0.6) is 0 Å². The molecule has 0 spiro atoms. The fourth-order valence-electron chi connectivity index (χ4n) is 2.57. The van der Waals surface area contributed by atoms with Crippen LogP contribution >= 0.6 is 11.3 Å². The van der Waals surface area contributed by atoms with E-state index in [4.69, 9.17) is 4.74 Å². The minimum atomic E-state index is -0.0646. The summed E-state index contributed by atoms with van der Waals surface area (Å²) < 4.78 is 5.10. The molecule has 1 aliphatic rings. The summed E-state index contributed by atoms with van der Waals surface area (Å²) >= 11 is 1.69. The Labute approximate surface area is 135 Å². The monoisotopic (exact) mass is 324 g/mol. The van der Waals surface area contributed by atoms with E-state index in [9.17, 15) is 4.79 Å². The maximum Gasteiger partial charge on any atom is 0.309 e. The number of likely N-dealkylation sites (tertiary alicyclic amines) is 1. The first-order valence-corrected chi connectivity index (χ1v) is 8.49. The van der Waals surface area contributed by atoms with Gasteiger partial charge in [-0.25, -0.2) is 4.98 Å². The van der Waals surface area contributed by atoms with Crippen molar-refractivity contribution in [1.82, 2.24) is 15.2 Å². The van der Waals surface area contributed by atoms with Crippen molar-refractivity contribution in [3.8, 4) is 0 Å². The molecule has 0 aromatic carbocycles. The van der Waals surface area contributed by atoms with Crippen LogP contribution in [0.25, 0.3) is 0 Å². The number of thiazole rings is 1. The molecule has 22 heavy (non-hydrogen) atoms. The van der Waals surface area contributed by atoms with Gasteiger partial charge >= 0.3 is 5.97 Å². The molecule has 0 amide bonds. The van der Waals surface area contributed by atoms with E-state index in [2.05, 4.69) is 20.2 Å². The third-order valence-electron chi connectivity index (χ3n) is 3.72. The van der Waals surface area contributed by atoms with E-state index in [1.165, 1.54) is 4.88 Å². The minimum absolute atomic E-state index is 0.0263. The van der Waals surface area contributed by atoms with Crippen LogP contribution in [-0.2, 0) is 16.1 Å². The summed E-state index contributed by atoms with van der Waals surface area (Å²) in [6.45, 7) is 6.69. The molecular formula is C15H24N4O2S. The Kier molecular flexibility index (Phi) is 6.18. The molecule has 2 heterocycles. The van der Waals surface area contributed by atoms with E-state index >= 15 is 0 Å². The predicted octanol–water partition coefficient (Wildman–Crippen LogP) is 1.80. The first kappa shape index (κ1) is 16.7. The molecule has 1 saturated heterocycles. The molecule has 0 unspecified atom stereocenters. The van der Waals surface area contributed by atoms with Gasteiger partial charge in [-0.05, 0) is 26.7 Å². The lowest BCUT2D eigenvalue weighted by atomic mass is 9.97. The second kappa shape index (κ2) is 8.12. The largest absolute Gasteiger partial charge is 0.466 e. The van der Waals surface area contributed by atoms with Gasteiger partial charge in [0.25, 0.3) is 0 Å². The lowest BCUT2D eigenvalue weighted by molar-refractivity contribution is -0.149. The topological polar surface area (TPSA) is 66.8 Å². The number of aromatic nitrogens is 1. The number of rotatable bonds is 4. The Morgan fingerprint density at radius 2 is 2.27 bits per heavy atom. The Balaban J connectivity index is 1.82. The lowest BCUT2D eigenvalue weighted by Gasteiger charge is -2.33. The Bertz CT molecular complexity index is 521. The zero-order valence-corrected chi connectivity index (χ0v) is 14.3. The van der Waals surface area contributed by atoms with Crippen molar-refractivity contribution in [3.05, 3.63) is 16.1 Å². The van der Waals surface area contributed by atoms with Gasteiger partial charge in [0.2, 0.25) is 0 Å². The number of carbonyl (C=O) groups is 1. The molecule has 1 aromatic heterocycles. The highest BCUT2D eigenvalue weighted by Gasteiger charge is 2.27. The van der Waals surface area contributed by atoms with Crippen molar-refractivity contribution in [3.63, 3.8) is 0 Å². The third-order valence-corrected chi connectivity index (χ3v) is 4.63. The number of hydrogen-bond donors (Lipinski definition) is 1. The van der Waals surface area contributed by atoms with Crippen molar-refractivity contribution in [2.75, 3.05) is 26.7 Å². The van der Waals surface area contributed by atoms with Crippen LogP contribution in [-0.4, -0.2) is 48.6 Å². The number of esters is 1. The highest BCUT2D eigenvalue weighted by atomic mass is 32.1. The molecular weight excluding hydrogens is 300 g/mol. The maximum absolute atomic E-state index is 11.8. The second-order valence-electron chi connectivity index (χ2n) is 5.26. The van der Waals surface area contributed by atoms with E-state index in [1.807, 2.05) is 20.0 Å². The molecule has 122 valence electrons. The van der Waals surface area contributed by atoms with E-state index in [0.29, 0.717) is 6.61 Å². The van der Waals surface area contributed by atoms with Gasteiger partial charge in [0.1, 0.15) is 0 Å². The number of piperidine rings is 1. The van der Waals surface area contributed by atoms with E-state index in [-0.39, 0.29) is 11.9 Å². The standard InChI is InChI=1S/C15H24N4O2S/c1-4-21-14(20)12-5-7-19(8-6-12)15(16-3)18-10-13-9-17-11(2)22-13/h9,12H,4-8,10H2,1-3H3,(H,16,18). The molecule has 6 nitrogen and oxygen atoms in total. The highest BCUT2D eigenvalue weighted by molar-refractivity contribution is 7.11. The zero-order chi connectivity index (χ0) is 15.9. The van der Waals surface area contributed by atoms with Gasteiger partial charge in [0.05, 0.1) is 24.1 Å². The van der Waals surface area contributed by atoms with Gasteiger partial charge in [-0.3, -0.25) is 9.79 Å². The van der Waals surface area contributed by atoms with Crippen molar-refractivity contribution in [2.45, 2.75) is 33.2 Å². The fraction of sp³-hybridized carbons (Fsp3) is 0.667. The number of ether oxygens (including phenoxy) is 1. The molecule has 0 atom stereocenters. The average molecular weight is 324 g/mol. The van der Waals surface area contributed by atoms with Gasteiger partial charge < -0.3 is 15.0 Å². The van der Waals surface area contributed by atoms with Crippen LogP contribution in [0.2, 0.25) is 0 Å². The second-order valence-corrected chi connectivity index (χ2v) is 6.58. The Hall–Kier alpha value is -1.63. The smallest absolute Gasteiger partial charge is 0.309 e. The third kappa shape index (κ3) is 4.43. The number of carbonyl (C=O) groups excluding carboxylic acids is 1. The van der Waals surface area contributed by atoms with Crippen molar-refractivity contribution < 1.29 is 9.53 Å². The SMILES string of the molecule is CCOC(=O)C1CCN(C(=NC)NCc2cnc(C)s2)CC1. The molecule has 1 aromatic rings. The lowest BCUT2D eigenvalue weighted by Crippen LogP contribution is -2.46.